The summed E-state index contributed by atoms with van der Waals surface area (Å²) in [6.07, 6.45) is 1.10. The Hall–Kier alpha value is -3.07. The second-order valence-electron chi connectivity index (χ2n) is 7.10. The summed E-state index contributed by atoms with van der Waals surface area (Å²) in [4.78, 5) is 65.3. The predicted octanol–water partition coefficient (Wildman–Crippen LogP) is -0.591. The van der Waals surface area contributed by atoms with Gasteiger partial charge in [-0.2, -0.15) is 0 Å². The van der Waals surface area contributed by atoms with Gasteiger partial charge in [0, 0.05) is 32.6 Å². The molecular weight excluding hydrogens is 364 g/mol. The Morgan fingerprint density at radius 2 is 1.79 bits per heavy atom. The van der Waals surface area contributed by atoms with E-state index in [-0.39, 0.29) is 18.4 Å². The average Bonchev–Trinajstić information content (AvgIpc) is 2.94. The number of piperidine rings is 1. The number of fused-ring (bicyclic) bond motifs is 1. The van der Waals surface area contributed by atoms with Crippen LogP contribution in [0.4, 0.5) is 5.69 Å². The highest BCUT2D eigenvalue weighted by Crippen LogP contribution is 2.34. The maximum Gasteiger partial charge on any atom is 0.264 e. The Morgan fingerprint density at radius 1 is 1.04 bits per heavy atom. The number of nitrogens with one attached hydrogen (secondary N) is 1. The fourth-order valence-corrected chi connectivity index (χ4v) is 4.04. The van der Waals surface area contributed by atoms with Gasteiger partial charge in [0.1, 0.15) is 12.3 Å². The molecule has 0 saturated carbocycles. The molecule has 3 aliphatic heterocycles. The van der Waals surface area contributed by atoms with Gasteiger partial charge >= 0.3 is 0 Å². The Kier molecular flexibility index (Phi) is 4.68. The quantitative estimate of drug-likeness (QED) is 0.546. The van der Waals surface area contributed by atoms with Crippen molar-refractivity contribution >= 4 is 35.6 Å². The summed E-state index contributed by atoms with van der Waals surface area (Å²) in [5, 5.41) is 2.20. The Balaban J connectivity index is 1.61. The molecule has 9 nitrogen and oxygen atoms in total. The van der Waals surface area contributed by atoms with Crippen molar-refractivity contribution in [3.63, 3.8) is 0 Å². The van der Waals surface area contributed by atoms with Crippen molar-refractivity contribution in [2.75, 3.05) is 37.6 Å². The number of anilines is 1. The van der Waals surface area contributed by atoms with Crippen molar-refractivity contribution in [2.24, 2.45) is 0 Å². The number of rotatable bonds is 4. The summed E-state index contributed by atoms with van der Waals surface area (Å²) in [5.74, 6) is -2.02. The van der Waals surface area contributed by atoms with Crippen LogP contribution in [0.2, 0.25) is 0 Å². The van der Waals surface area contributed by atoms with Crippen LogP contribution >= 0.6 is 0 Å². The van der Waals surface area contributed by atoms with Crippen molar-refractivity contribution in [1.82, 2.24) is 15.1 Å². The minimum atomic E-state index is -0.970. The summed E-state index contributed by atoms with van der Waals surface area (Å²) in [6, 6.07) is 4.15. The van der Waals surface area contributed by atoms with Crippen LogP contribution in [-0.2, 0) is 14.4 Å². The molecule has 1 atom stereocenters. The van der Waals surface area contributed by atoms with E-state index in [1.54, 1.807) is 18.2 Å². The first-order valence-electron chi connectivity index (χ1n) is 9.27. The molecule has 0 aromatic heterocycles. The number of aldehydes is 1. The SMILES string of the molecule is O=CCN1CCN(c2cccc3c2C(=O)N(C2CCC(=O)NC2=O)C3=O)CC1. The highest BCUT2D eigenvalue weighted by Gasteiger charge is 2.46. The van der Waals surface area contributed by atoms with E-state index in [9.17, 15) is 24.0 Å². The van der Waals surface area contributed by atoms with E-state index < -0.39 is 29.7 Å². The predicted molar refractivity (Wildman–Crippen MR) is 97.8 cm³/mol. The van der Waals surface area contributed by atoms with Crippen molar-refractivity contribution in [2.45, 2.75) is 18.9 Å². The molecule has 0 spiro atoms. The van der Waals surface area contributed by atoms with Crippen LogP contribution in [0.3, 0.4) is 0 Å². The third-order valence-corrected chi connectivity index (χ3v) is 5.49. The van der Waals surface area contributed by atoms with E-state index in [0.29, 0.717) is 44.0 Å². The van der Waals surface area contributed by atoms with Crippen LogP contribution in [0.1, 0.15) is 33.6 Å². The molecule has 1 aromatic rings. The average molecular weight is 384 g/mol. The zero-order valence-corrected chi connectivity index (χ0v) is 15.2. The molecule has 146 valence electrons. The van der Waals surface area contributed by atoms with Crippen LogP contribution in [0, 0.1) is 0 Å². The number of hydrogen-bond acceptors (Lipinski definition) is 7. The lowest BCUT2D eigenvalue weighted by Crippen LogP contribution is -2.54. The van der Waals surface area contributed by atoms with E-state index in [2.05, 4.69) is 5.32 Å². The van der Waals surface area contributed by atoms with Gasteiger partial charge in [-0.1, -0.05) is 6.07 Å². The number of carbonyl (C=O) groups excluding carboxylic acids is 5. The largest absolute Gasteiger partial charge is 0.368 e. The topological polar surface area (TPSA) is 107 Å². The van der Waals surface area contributed by atoms with Crippen molar-refractivity contribution in [3.8, 4) is 0 Å². The van der Waals surface area contributed by atoms with Gasteiger partial charge in [-0.05, 0) is 18.6 Å². The lowest BCUT2D eigenvalue weighted by molar-refractivity contribution is -0.136. The maximum atomic E-state index is 13.1. The second kappa shape index (κ2) is 7.16. The molecule has 4 amide bonds. The van der Waals surface area contributed by atoms with E-state index in [1.807, 2.05) is 9.80 Å². The van der Waals surface area contributed by atoms with Gasteiger partial charge in [-0.25, -0.2) is 0 Å². The van der Waals surface area contributed by atoms with Gasteiger partial charge in [-0.15, -0.1) is 0 Å². The van der Waals surface area contributed by atoms with E-state index in [1.165, 1.54) is 0 Å². The van der Waals surface area contributed by atoms with Crippen LogP contribution in [-0.4, -0.2) is 78.5 Å². The number of nitrogens with zero attached hydrogens (tertiary/aromatic N) is 3. The van der Waals surface area contributed by atoms with Crippen LogP contribution < -0.4 is 10.2 Å². The molecule has 0 aliphatic carbocycles. The molecule has 9 heteroatoms. The van der Waals surface area contributed by atoms with E-state index in [4.69, 9.17) is 0 Å². The smallest absolute Gasteiger partial charge is 0.264 e. The number of piperazine rings is 1. The Labute approximate surface area is 161 Å². The van der Waals surface area contributed by atoms with Gasteiger partial charge in [0.05, 0.1) is 23.4 Å². The maximum absolute atomic E-state index is 13.1. The number of carbonyl (C=O) groups is 5. The lowest BCUT2D eigenvalue weighted by Gasteiger charge is -2.36. The molecule has 2 saturated heterocycles. The molecule has 1 N–H and O–H groups in total. The van der Waals surface area contributed by atoms with Crippen molar-refractivity contribution in [1.29, 1.82) is 0 Å². The third-order valence-electron chi connectivity index (χ3n) is 5.49. The summed E-state index contributed by atoms with van der Waals surface area (Å²) in [7, 11) is 0. The fourth-order valence-electron chi connectivity index (χ4n) is 4.04. The Morgan fingerprint density at radius 3 is 2.46 bits per heavy atom. The summed E-state index contributed by atoms with van der Waals surface area (Å²) >= 11 is 0. The van der Waals surface area contributed by atoms with Gasteiger partial charge in [0.15, 0.2) is 0 Å². The van der Waals surface area contributed by atoms with Gasteiger partial charge < -0.3 is 9.69 Å². The first-order valence-corrected chi connectivity index (χ1v) is 9.27. The molecule has 1 aromatic carbocycles. The van der Waals surface area contributed by atoms with Crippen LogP contribution in [0.5, 0.6) is 0 Å². The molecule has 4 rings (SSSR count). The van der Waals surface area contributed by atoms with Gasteiger partial charge in [0.2, 0.25) is 11.8 Å². The molecule has 28 heavy (non-hydrogen) atoms. The fraction of sp³-hybridized carbons (Fsp3) is 0.421. The normalized spacial score (nSPS) is 23.1. The molecule has 0 bridgehead atoms. The molecule has 1 unspecified atom stereocenters. The number of benzene rings is 1. The molecule has 3 aliphatic rings. The monoisotopic (exact) mass is 384 g/mol. The zero-order chi connectivity index (χ0) is 19.8. The van der Waals surface area contributed by atoms with Gasteiger partial charge in [0.25, 0.3) is 11.8 Å². The molecule has 2 fully saturated rings. The minimum absolute atomic E-state index is 0.0926. The lowest BCUT2D eigenvalue weighted by atomic mass is 10.0. The highest BCUT2D eigenvalue weighted by atomic mass is 16.2. The summed E-state index contributed by atoms with van der Waals surface area (Å²) < 4.78 is 0. The second-order valence-corrected chi connectivity index (χ2v) is 7.10. The molecule has 3 heterocycles. The van der Waals surface area contributed by atoms with Crippen molar-refractivity contribution in [3.05, 3.63) is 29.3 Å². The zero-order valence-electron chi connectivity index (χ0n) is 15.2. The van der Waals surface area contributed by atoms with Crippen molar-refractivity contribution < 1.29 is 24.0 Å². The molecular formula is C19H20N4O5. The first kappa shape index (κ1) is 18.3. The van der Waals surface area contributed by atoms with E-state index >= 15 is 0 Å². The minimum Gasteiger partial charge on any atom is -0.368 e. The van der Waals surface area contributed by atoms with Crippen LogP contribution in [0.15, 0.2) is 18.2 Å². The van der Waals surface area contributed by atoms with Gasteiger partial charge in [-0.3, -0.25) is 34.3 Å². The summed E-state index contributed by atoms with van der Waals surface area (Å²) in [5.41, 5.74) is 1.25. The number of imide groups is 2. The standard InChI is InChI=1S/C19H20N4O5/c24-11-10-21-6-8-22(9-7-21)13-3-1-2-12-16(13)19(28)23(18(12)27)14-4-5-15(25)20-17(14)26/h1-3,11,14H,4-10H2,(H,20,25,26). The number of amides is 4. The highest BCUT2D eigenvalue weighted by molar-refractivity contribution is 6.25. The number of hydrogen-bond donors (Lipinski definition) is 1. The molecule has 0 radical (unpaired) electrons. The van der Waals surface area contributed by atoms with Crippen LogP contribution in [0.25, 0.3) is 0 Å². The first-order chi connectivity index (χ1) is 13.5. The summed E-state index contributed by atoms with van der Waals surface area (Å²) in [6.45, 7) is 3.00. The Bertz CT molecular complexity index is 875. The van der Waals surface area contributed by atoms with E-state index in [0.717, 1.165) is 11.2 Å². The third kappa shape index (κ3) is 2.97.